The van der Waals surface area contributed by atoms with Gasteiger partial charge in [0.1, 0.15) is 0 Å². The van der Waals surface area contributed by atoms with Crippen LogP contribution in [0.1, 0.15) is 42.5 Å². The maximum absolute atomic E-state index is 10.9. The fourth-order valence-corrected chi connectivity index (χ4v) is 3.42. The van der Waals surface area contributed by atoms with Gasteiger partial charge in [-0.3, -0.25) is 9.69 Å². The van der Waals surface area contributed by atoms with Crippen molar-refractivity contribution >= 4 is 17.6 Å². The molecule has 0 aliphatic heterocycles. The summed E-state index contributed by atoms with van der Waals surface area (Å²) >= 11 is 0. The number of benzene rings is 2. The standard InChI is InChI=1S/C26H34N2O2/c1-4-24(25-9-7-6-8-21(25)3)16-17-28(18-19-30-5-2)20-23-12-10-22(11-13-23)14-15-26(27)29/h4,6-15H,5,16-20H2,1-3H3,(H2,27,29)/b15-14+,24-4-. The molecule has 0 aromatic heterocycles. The highest BCUT2D eigenvalue weighted by Gasteiger charge is 2.10. The molecule has 2 N–H and O–H groups in total. The number of allylic oxidation sites excluding steroid dienone is 1. The Balaban J connectivity index is 2.04. The Morgan fingerprint density at radius 3 is 2.47 bits per heavy atom. The molecular weight excluding hydrogens is 372 g/mol. The number of aryl methyl sites for hydroxylation is 1. The highest BCUT2D eigenvalue weighted by Crippen LogP contribution is 2.22. The summed E-state index contributed by atoms with van der Waals surface area (Å²) in [7, 11) is 0. The SMILES string of the molecule is C/C=C(/CCN(CCOCC)Cc1ccc(/C=C/C(N)=O)cc1)c1ccccc1C. The summed E-state index contributed by atoms with van der Waals surface area (Å²) in [4.78, 5) is 13.3. The van der Waals surface area contributed by atoms with Crippen LogP contribution in [0, 0.1) is 6.92 Å². The lowest BCUT2D eigenvalue weighted by atomic mass is 9.97. The van der Waals surface area contributed by atoms with Crippen molar-refractivity contribution in [1.82, 2.24) is 4.90 Å². The number of hydrogen-bond donors (Lipinski definition) is 1. The van der Waals surface area contributed by atoms with Gasteiger partial charge in [0.2, 0.25) is 5.91 Å². The van der Waals surface area contributed by atoms with Crippen LogP contribution in [0.2, 0.25) is 0 Å². The van der Waals surface area contributed by atoms with Gasteiger partial charge in [-0.05, 0) is 61.1 Å². The maximum atomic E-state index is 10.9. The van der Waals surface area contributed by atoms with Crippen LogP contribution in [0.25, 0.3) is 11.6 Å². The molecule has 4 nitrogen and oxygen atoms in total. The van der Waals surface area contributed by atoms with E-state index in [1.54, 1.807) is 6.08 Å². The van der Waals surface area contributed by atoms with Crippen molar-refractivity contribution in [3.8, 4) is 0 Å². The maximum Gasteiger partial charge on any atom is 0.241 e. The molecule has 2 aromatic carbocycles. The number of carbonyl (C=O) groups excluding carboxylic acids is 1. The number of amides is 1. The van der Waals surface area contributed by atoms with E-state index < -0.39 is 5.91 Å². The molecule has 4 heteroatoms. The summed E-state index contributed by atoms with van der Waals surface area (Å²) in [6.45, 7) is 10.5. The second kappa shape index (κ2) is 12.8. The first-order valence-electron chi connectivity index (χ1n) is 10.6. The second-order valence-corrected chi connectivity index (χ2v) is 7.33. The summed E-state index contributed by atoms with van der Waals surface area (Å²) in [5.74, 6) is -0.436. The van der Waals surface area contributed by atoms with Crippen molar-refractivity contribution in [2.24, 2.45) is 5.73 Å². The Morgan fingerprint density at radius 2 is 1.83 bits per heavy atom. The number of nitrogens with two attached hydrogens (primary N) is 1. The van der Waals surface area contributed by atoms with E-state index in [9.17, 15) is 4.79 Å². The molecule has 2 rings (SSSR count). The van der Waals surface area contributed by atoms with E-state index in [4.69, 9.17) is 10.5 Å². The third-order valence-corrected chi connectivity index (χ3v) is 5.12. The summed E-state index contributed by atoms with van der Waals surface area (Å²) < 4.78 is 5.60. The van der Waals surface area contributed by atoms with E-state index in [0.29, 0.717) is 0 Å². The Hall–Kier alpha value is -2.69. The van der Waals surface area contributed by atoms with Crippen molar-refractivity contribution in [2.45, 2.75) is 33.7 Å². The Morgan fingerprint density at radius 1 is 1.10 bits per heavy atom. The molecule has 0 spiro atoms. The fraction of sp³-hybridized carbons (Fsp3) is 0.346. The quantitative estimate of drug-likeness (QED) is 0.406. The van der Waals surface area contributed by atoms with Crippen LogP contribution in [0.4, 0.5) is 0 Å². The highest BCUT2D eigenvalue weighted by atomic mass is 16.5. The van der Waals surface area contributed by atoms with Crippen LogP contribution in [-0.4, -0.2) is 37.1 Å². The Bertz CT molecular complexity index is 854. The molecule has 0 atom stereocenters. The van der Waals surface area contributed by atoms with Crippen molar-refractivity contribution in [1.29, 1.82) is 0 Å². The Kier molecular flexibility index (Phi) is 10.1. The zero-order valence-corrected chi connectivity index (χ0v) is 18.4. The van der Waals surface area contributed by atoms with Crippen LogP contribution in [0.5, 0.6) is 0 Å². The molecule has 0 fully saturated rings. The van der Waals surface area contributed by atoms with E-state index in [-0.39, 0.29) is 0 Å². The second-order valence-electron chi connectivity index (χ2n) is 7.33. The predicted molar refractivity (Wildman–Crippen MR) is 126 cm³/mol. The van der Waals surface area contributed by atoms with Gasteiger partial charge in [-0.25, -0.2) is 0 Å². The van der Waals surface area contributed by atoms with Gasteiger partial charge in [0.25, 0.3) is 0 Å². The van der Waals surface area contributed by atoms with Crippen LogP contribution >= 0.6 is 0 Å². The number of ether oxygens (including phenoxy) is 1. The summed E-state index contributed by atoms with van der Waals surface area (Å²) in [6.07, 6.45) is 6.34. The molecular formula is C26H34N2O2. The summed E-state index contributed by atoms with van der Waals surface area (Å²) in [5.41, 5.74) is 11.4. The fourth-order valence-electron chi connectivity index (χ4n) is 3.42. The lowest BCUT2D eigenvalue weighted by Crippen LogP contribution is -2.28. The topological polar surface area (TPSA) is 55.6 Å². The molecule has 2 aromatic rings. The Labute approximate surface area is 181 Å². The first-order valence-corrected chi connectivity index (χ1v) is 10.6. The minimum Gasteiger partial charge on any atom is -0.380 e. The van der Waals surface area contributed by atoms with Gasteiger partial charge in [0, 0.05) is 32.3 Å². The lowest BCUT2D eigenvalue weighted by molar-refractivity contribution is -0.113. The molecule has 0 saturated carbocycles. The number of primary amides is 1. The first kappa shape index (κ1) is 23.6. The third kappa shape index (κ3) is 7.97. The molecule has 0 unspecified atom stereocenters. The van der Waals surface area contributed by atoms with Crippen molar-refractivity contribution in [2.75, 3.05) is 26.3 Å². The van der Waals surface area contributed by atoms with E-state index in [2.05, 4.69) is 61.2 Å². The van der Waals surface area contributed by atoms with Crippen LogP contribution < -0.4 is 5.73 Å². The van der Waals surface area contributed by atoms with E-state index in [1.807, 2.05) is 19.1 Å². The highest BCUT2D eigenvalue weighted by molar-refractivity contribution is 5.90. The van der Waals surface area contributed by atoms with Crippen LogP contribution in [-0.2, 0) is 16.1 Å². The molecule has 0 heterocycles. The zero-order valence-electron chi connectivity index (χ0n) is 18.4. The summed E-state index contributed by atoms with van der Waals surface area (Å²) in [6, 6.07) is 16.8. The van der Waals surface area contributed by atoms with Gasteiger partial charge in [-0.15, -0.1) is 0 Å². The van der Waals surface area contributed by atoms with E-state index in [0.717, 1.165) is 44.8 Å². The van der Waals surface area contributed by atoms with Crippen LogP contribution in [0.3, 0.4) is 0 Å². The van der Waals surface area contributed by atoms with E-state index in [1.165, 1.54) is 28.3 Å². The van der Waals surface area contributed by atoms with Crippen molar-refractivity contribution in [3.63, 3.8) is 0 Å². The van der Waals surface area contributed by atoms with Gasteiger partial charge < -0.3 is 10.5 Å². The molecule has 0 saturated heterocycles. The van der Waals surface area contributed by atoms with Gasteiger partial charge in [-0.2, -0.15) is 0 Å². The predicted octanol–water partition coefficient (Wildman–Crippen LogP) is 4.83. The molecule has 30 heavy (non-hydrogen) atoms. The van der Waals surface area contributed by atoms with Crippen molar-refractivity contribution < 1.29 is 9.53 Å². The van der Waals surface area contributed by atoms with E-state index >= 15 is 0 Å². The number of hydrogen-bond acceptors (Lipinski definition) is 3. The summed E-state index contributed by atoms with van der Waals surface area (Å²) in [5, 5.41) is 0. The molecule has 0 bridgehead atoms. The smallest absolute Gasteiger partial charge is 0.241 e. The average molecular weight is 407 g/mol. The largest absolute Gasteiger partial charge is 0.380 e. The number of nitrogens with zero attached hydrogens (tertiary/aromatic N) is 1. The minimum atomic E-state index is -0.436. The molecule has 0 aliphatic rings. The number of carbonyl (C=O) groups is 1. The first-order chi connectivity index (χ1) is 14.5. The molecule has 1 amide bonds. The normalized spacial score (nSPS) is 12.1. The molecule has 0 radical (unpaired) electrons. The van der Waals surface area contributed by atoms with Gasteiger partial charge in [0.15, 0.2) is 0 Å². The van der Waals surface area contributed by atoms with Crippen molar-refractivity contribution in [3.05, 3.63) is 82.9 Å². The monoisotopic (exact) mass is 406 g/mol. The average Bonchev–Trinajstić information content (AvgIpc) is 2.74. The van der Waals surface area contributed by atoms with Crippen LogP contribution in [0.15, 0.2) is 60.7 Å². The molecule has 0 aliphatic carbocycles. The van der Waals surface area contributed by atoms with Gasteiger partial charge in [0.05, 0.1) is 6.61 Å². The third-order valence-electron chi connectivity index (χ3n) is 5.12. The lowest BCUT2D eigenvalue weighted by Gasteiger charge is -2.23. The minimum absolute atomic E-state index is 0.436. The van der Waals surface area contributed by atoms with Gasteiger partial charge >= 0.3 is 0 Å². The number of rotatable bonds is 12. The van der Waals surface area contributed by atoms with Gasteiger partial charge in [-0.1, -0.05) is 54.6 Å². The zero-order chi connectivity index (χ0) is 21.8. The molecule has 160 valence electrons.